The number of anilines is 1. The van der Waals surface area contributed by atoms with Gasteiger partial charge in [0.15, 0.2) is 0 Å². The van der Waals surface area contributed by atoms with Crippen LogP contribution in [0.15, 0.2) is 24.4 Å². The molecule has 0 aliphatic rings. The largest absolute Gasteiger partial charge is 0.399 e. The minimum Gasteiger partial charge on any atom is -0.399 e. The Morgan fingerprint density at radius 3 is 2.71 bits per heavy atom. The molecule has 1 aromatic heterocycles. The van der Waals surface area contributed by atoms with Gasteiger partial charge in [-0.25, -0.2) is 4.68 Å². The molecule has 0 saturated heterocycles. The minimum absolute atomic E-state index is 0.809. The summed E-state index contributed by atoms with van der Waals surface area (Å²) in [6.45, 7) is 1.99. The number of nitrogen functional groups attached to an aromatic ring is 1. The molecular formula is C10H12N4. The Labute approximate surface area is 82.4 Å². The maximum absolute atomic E-state index is 5.74. The fraction of sp³-hybridized carbons (Fsp3) is 0.200. The number of benzene rings is 1. The van der Waals surface area contributed by atoms with Crippen molar-refractivity contribution in [3.05, 3.63) is 30.0 Å². The van der Waals surface area contributed by atoms with E-state index in [-0.39, 0.29) is 0 Å². The second-order valence-electron chi connectivity index (χ2n) is 3.31. The van der Waals surface area contributed by atoms with Crippen molar-refractivity contribution in [1.29, 1.82) is 0 Å². The Hall–Kier alpha value is -1.84. The molecule has 0 aliphatic carbocycles. The molecule has 1 heterocycles. The van der Waals surface area contributed by atoms with Gasteiger partial charge in [0.25, 0.3) is 0 Å². The highest BCUT2D eigenvalue weighted by Crippen LogP contribution is 2.21. The lowest BCUT2D eigenvalue weighted by molar-refractivity contribution is 0.720. The third-order valence-electron chi connectivity index (χ3n) is 2.28. The molecule has 0 spiro atoms. The van der Waals surface area contributed by atoms with E-state index in [1.54, 1.807) is 10.9 Å². The van der Waals surface area contributed by atoms with Crippen LogP contribution in [0, 0.1) is 6.92 Å². The zero-order valence-electron chi connectivity index (χ0n) is 8.23. The van der Waals surface area contributed by atoms with Crippen LogP contribution in [0.4, 0.5) is 5.69 Å². The summed E-state index contributed by atoms with van der Waals surface area (Å²) < 4.78 is 1.74. The second kappa shape index (κ2) is 3.14. The average molecular weight is 188 g/mol. The topological polar surface area (TPSA) is 56.7 Å². The van der Waals surface area contributed by atoms with Gasteiger partial charge in [-0.05, 0) is 24.6 Å². The predicted molar refractivity (Wildman–Crippen MR) is 55.6 cm³/mol. The van der Waals surface area contributed by atoms with E-state index in [2.05, 4.69) is 10.3 Å². The van der Waals surface area contributed by atoms with Crippen LogP contribution in [0.1, 0.15) is 5.56 Å². The Morgan fingerprint density at radius 2 is 2.14 bits per heavy atom. The van der Waals surface area contributed by atoms with E-state index in [1.165, 1.54) is 0 Å². The summed E-state index contributed by atoms with van der Waals surface area (Å²) in [5.41, 5.74) is 9.70. The van der Waals surface area contributed by atoms with Crippen molar-refractivity contribution >= 4 is 5.69 Å². The first-order valence-corrected chi connectivity index (χ1v) is 4.39. The maximum atomic E-state index is 5.74. The summed E-state index contributed by atoms with van der Waals surface area (Å²) in [4.78, 5) is 0. The summed E-state index contributed by atoms with van der Waals surface area (Å²) in [6, 6.07) is 5.91. The summed E-state index contributed by atoms with van der Waals surface area (Å²) in [5, 5.41) is 7.71. The summed E-state index contributed by atoms with van der Waals surface area (Å²) in [7, 11) is 1.87. The molecule has 0 radical (unpaired) electrons. The number of nitrogens with two attached hydrogens (primary N) is 1. The van der Waals surface area contributed by atoms with Crippen molar-refractivity contribution in [3.63, 3.8) is 0 Å². The van der Waals surface area contributed by atoms with Crippen molar-refractivity contribution < 1.29 is 0 Å². The standard InChI is InChI=1S/C10H12N4/c1-7-5-8(3-4-9(7)11)10-6-12-13-14(10)2/h3-6H,11H2,1-2H3. The van der Waals surface area contributed by atoms with Gasteiger partial charge < -0.3 is 5.73 Å². The Bertz CT molecular complexity index is 459. The van der Waals surface area contributed by atoms with Crippen LogP contribution >= 0.6 is 0 Å². The van der Waals surface area contributed by atoms with Crippen LogP contribution in [0.25, 0.3) is 11.3 Å². The van der Waals surface area contributed by atoms with Gasteiger partial charge in [0.2, 0.25) is 0 Å². The van der Waals surface area contributed by atoms with Gasteiger partial charge in [0, 0.05) is 18.3 Å². The van der Waals surface area contributed by atoms with E-state index in [1.807, 2.05) is 32.2 Å². The van der Waals surface area contributed by atoms with E-state index in [0.717, 1.165) is 22.5 Å². The Morgan fingerprint density at radius 1 is 1.36 bits per heavy atom. The van der Waals surface area contributed by atoms with Gasteiger partial charge >= 0.3 is 0 Å². The molecule has 4 nitrogen and oxygen atoms in total. The zero-order chi connectivity index (χ0) is 10.1. The molecule has 2 aromatic rings. The SMILES string of the molecule is Cc1cc(-c2cnnn2C)ccc1N. The molecule has 1 aromatic carbocycles. The fourth-order valence-electron chi connectivity index (χ4n) is 1.39. The quantitative estimate of drug-likeness (QED) is 0.688. The molecule has 0 atom stereocenters. The van der Waals surface area contributed by atoms with Crippen LogP contribution in [-0.2, 0) is 7.05 Å². The number of hydrogen-bond acceptors (Lipinski definition) is 3. The molecule has 2 rings (SSSR count). The molecule has 0 saturated carbocycles. The Kier molecular flexibility index (Phi) is 1.96. The molecule has 0 bridgehead atoms. The minimum atomic E-state index is 0.809. The van der Waals surface area contributed by atoms with Gasteiger partial charge in [0.05, 0.1) is 11.9 Å². The first kappa shape index (κ1) is 8.74. The van der Waals surface area contributed by atoms with Gasteiger partial charge in [0.1, 0.15) is 0 Å². The van der Waals surface area contributed by atoms with Crippen molar-refractivity contribution in [2.75, 3.05) is 5.73 Å². The lowest BCUT2D eigenvalue weighted by Gasteiger charge is -2.04. The van der Waals surface area contributed by atoms with Crippen LogP contribution in [0.3, 0.4) is 0 Å². The highest BCUT2D eigenvalue weighted by molar-refractivity contribution is 5.64. The summed E-state index contributed by atoms with van der Waals surface area (Å²) in [5.74, 6) is 0. The third-order valence-corrected chi connectivity index (χ3v) is 2.28. The molecular weight excluding hydrogens is 176 g/mol. The van der Waals surface area contributed by atoms with E-state index in [4.69, 9.17) is 5.73 Å². The van der Waals surface area contributed by atoms with E-state index >= 15 is 0 Å². The van der Waals surface area contributed by atoms with E-state index < -0.39 is 0 Å². The summed E-state index contributed by atoms with van der Waals surface area (Å²) >= 11 is 0. The number of aryl methyl sites for hydroxylation is 2. The lowest BCUT2D eigenvalue weighted by atomic mass is 10.1. The third kappa shape index (κ3) is 1.35. The van der Waals surface area contributed by atoms with Crippen LogP contribution < -0.4 is 5.73 Å². The number of rotatable bonds is 1. The van der Waals surface area contributed by atoms with E-state index in [0.29, 0.717) is 0 Å². The maximum Gasteiger partial charge on any atom is 0.0882 e. The normalized spacial score (nSPS) is 10.4. The molecule has 0 fully saturated rings. The molecule has 0 amide bonds. The molecule has 72 valence electrons. The van der Waals surface area contributed by atoms with Crippen LogP contribution in [0.5, 0.6) is 0 Å². The van der Waals surface area contributed by atoms with Gasteiger partial charge in [-0.15, -0.1) is 5.10 Å². The van der Waals surface area contributed by atoms with Crippen LogP contribution in [0.2, 0.25) is 0 Å². The number of aromatic nitrogens is 3. The molecule has 0 unspecified atom stereocenters. The van der Waals surface area contributed by atoms with Gasteiger partial charge in [-0.1, -0.05) is 11.3 Å². The fourth-order valence-corrected chi connectivity index (χ4v) is 1.39. The monoisotopic (exact) mass is 188 g/mol. The van der Waals surface area contributed by atoms with Gasteiger partial charge in [-0.2, -0.15) is 0 Å². The predicted octanol–water partition coefficient (Wildman–Crippen LogP) is 1.37. The number of hydrogen-bond donors (Lipinski definition) is 1. The van der Waals surface area contributed by atoms with Crippen molar-refractivity contribution in [1.82, 2.24) is 15.0 Å². The van der Waals surface area contributed by atoms with Crippen molar-refractivity contribution in [2.45, 2.75) is 6.92 Å². The first-order chi connectivity index (χ1) is 6.68. The highest BCUT2D eigenvalue weighted by atomic mass is 15.4. The van der Waals surface area contributed by atoms with Crippen LogP contribution in [-0.4, -0.2) is 15.0 Å². The van der Waals surface area contributed by atoms with Crippen molar-refractivity contribution in [2.24, 2.45) is 7.05 Å². The second-order valence-corrected chi connectivity index (χ2v) is 3.31. The smallest absolute Gasteiger partial charge is 0.0882 e. The average Bonchev–Trinajstić information content (AvgIpc) is 2.57. The first-order valence-electron chi connectivity index (χ1n) is 4.39. The zero-order valence-corrected chi connectivity index (χ0v) is 8.23. The highest BCUT2D eigenvalue weighted by Gasteiger charge is 2.04. The molecule has 0 aliphatic heterocycles. The molecule has 14 heavy (non-hydrogen) atoms. The van der Waals surface area contributed by atoms with Gasteiger partial charge in [-0.3, -0.25) is 0 Å². The molecule has 4 heteroatoms. The number of nitrogens with zero attached hydrogens (tertiary/aromatic N) is 3. The Balaban J connectivity index is 2.53. The van der Waals surface area contributed by atoms with E-state index in [9.17, 15) is 0 Å². The molecule has 2 N–H and O–H groups in total. The van der Waals surface area contributed by atoms with Crippen molar-refractivity contribution in [3.8, 4) is 11.3 Å². The lowest BCUT2D eigenvalue weighted by Crippen LogP contribution is -1.95. The summed E-state index contributed by atoms with van der Waals surface area (Å²) in [6.07, 6.45) is 1.74.